The zero-order chi connectivity index (χ0) is 19.8. The molecule has 2 aromatic carbocycles. The summed E-state index contributed by atoms with van der Waals surface area (Å²) in [6.07, 6.45) is 0. The van der Waals surface area contributed by atoms with Gasteiger partial charge in [-0.25, -0.2) is 4.79 Å². The highest BCUT2D eigenvalue weighted by Crippen LogP contribution is 2.20. The van der Waals surface area contributed by atoms with Crippen LogP contribution in [-0.4, -0.2) is 30.9 Å². The second-order valence-corrected chi connectivity index (χ2v) is 6.39. The molecule has 8 heteroatoms. The number of nitrogens with one attached hydrogen (secondary N) is 1. The first kappa shape index (κ1) is 20.7. The fourth-order valence-electron chi connectivity index (χ4n) is 2.04. The first-order chi connectivity index (χ1) is 12.8. The van der Waals surface area contributed by atoms with Gasteiger partial charge in [0.25, 0.3) is 5.91 Å². The molecule has 0 heterocycles. The van der Waals surface area contributed by atoms with Gasteiger partial charge in [0.1, 0.15) is 5.75 Å². The summed E-state index contributed by atoms with van der Waals surface area (Å²) in [4.78, 5) is 34.7. The van der Waals surface area contributed by atoms with Gasteiger partial charge in [-0.1, -0.05) is 41.4 Å². The van der Waals surface area contributed by atoms with E-state index in [1.165, 1.54) is 13.0 Å². The van der Waals surface area contributed by atoms with Crippen LogP contribution >= 0.6 is 23.2 Å². The Morgan fingerprint density at radius 2 is 1.81 bits per heavy atom. The molecule has 2 aromatic rings. The van der Waals surface area contributed by atoms with Crippen molar-refractivity contribution in [3.05, 3.63) is 63.6 Å². The van der Waals surface area contributed by atoms with Crippen LogP contribution < -0.4 is 10.1 Å². The number of rotatable bonds is 8. The van der Waals surface area contributed by atoms with Gasteiger partial charge < -0.3 is 14.8 Å². The van der Waals surface area contributed by atoms with Crippen molar-refractivity contribution in [1.29, 1.82) is 0 Å². The van der Waals surface area contributed by atoms with Crippen LogP contribution in [0.15, 0.2) is 42.5 Å². The summed E-state index contributed by atoms with van der Waals surface area (Å²) in [6.45, 7) is 0.794. The summed E-state index contributed by atoms with van der Waals surface area (Å²) in [6, 6.07) is 11.4. The van der Waals surface area contributed by atoms with Gasteiger partial charge in [0.2, 0.25) is 0 Å². The average molecular weight is 410 g/mol. The van der Waals surface area contributed by atoms with Crippen LogP contribution in [-0.2, 0) is 20.9 Å². The number of hydrogen-bond acceptors (Lipinski definition) is 5. The summed E-state index contributed by atoms with van der Waals surface area (Å²) >= 11 is 11.8. The summed E-state index contributed by atoms with van der Waals surface area (Å²) < 4.78 is 10.1. The van der Waals surface area contributed by atoms with Crippen molar-refractivity contribution >= 4 is 40.9 Å². The molecule has 0 bridgehead atoms. The molecule has 1 amide bonds. The maximum absolute atomic E-state index is 11.8. The lowest BCUT2D eigenvalue weighted by atomic mass is 10.1. The van der Waals surface area contributed by atoms with Crippen LogP contribution in [0.3, 0.4) is 0 Å². The van der Waals surface area contributed by atoms with Gasteiger partial charge in [-0.15, -0.1) is 0 Å². The molecule has 0 radical (unpaired) electrons. The SMILES string of the molecule is CC(=O)c1cccc(OCC(=O)OCC(=O)NCc2ccc(Cl)cc2Cl)c1. The second-order valence-electron chi connectivity index (χ2n) is 5.55. The van der Waals surface area contributed by atoms with E-state index in [0.717, 1.165) is 0 Å². The Labute approximate surface area is 166 Å². The molecule has 27 heavy (non-hydrogen) atoms. The quantitative estimate of drug-likeness (QED) is 0.533. The van der Waals surface area contributed by atoms with Crippen molar-refractivity contribution in [3.8, 4) is 5.75 Å². The molecular weight excluding hydrogens is 393 g/mol. The topological polar surface area (TPSA) is 81.7 Å². The predicted molar refractivity (Wildman–Crippen MR) is 101 cm³/mol. The van der Waals surface area contributed by atoms with Crippen LogP contribution in [0, 0.1) is 0 Å². The molecule has 2 rings (SSSR count). The van der Waals surface area contributed by atoms with Gasteiger partial charge in [-0.3, -0.25) is 9.59 Å². The van der Waals surface area contributed by atoms with E-state index in [-0.39, 0.29) is 18.9 Å². The first-order valence-corrected chi connectivity index (χ1v) is 8.71. The number of amides is 1. The van der Waals surface area contributed by atoms with Crippen molar-refractivity contribution in [2.75, 3.05) is 13.2 Å². The predicted octanol–water partition coefficient (Wildman–Crippen LogP) is 3.43. The Morgan fingerprint density at radius 1 is 1.04 bits per heavy atom. The Balaban J connectivity index is 1.72. The minimum absolute atomic E-state index is 0.111. The monoisotopic (exact) mass is 409 g/mol. The number of esters is 1. The van der Waals surface area contributed by atoms with Gasteiger partial charge in [0.15, 0.2) is 19.0 Å². The third-order valence-electron chi connectivity index (χ3n) is 3.45. The zero-order valence-electron chi connectivity index (χ0n) is 14.5. The highest BCUT2D eigenvalue weighted by atomic mass is 35.5. The summed E-state index contributed by atoms with van der Waals surface area (Å²) in [5, 5.41) is 3.52. The highest BCUT2D eigenvalue weighted by molar-refractivity contribution is 6.35. The number of ketones is 1. The second kappa shape index (κ2) is 9.94. The Morgan fingerprint density at radius 3 is 2.52 bits per heavy atom. The fraction of sp³-hybridized carbons (Fsp3) is 0.211. The van der Waals surface area contributed by atoms with Crippen LogP contribution in [0.1, 0.15) is 22.8 Å². The molecule has 1 N–H and O–H groups in total. The van der Waals surface area contributed by atoms with Gasteiger partial charge in [0, 0.05) is 22.2 Å². The molecule has 0 aliphatic heterocycles. The van der Waals surface area contributed by atoms with Crippen molar-refractivity contribution in [2.24, 2.45) is 0 Å². The van der Waals surface area contributed by atoms with Crippen molar-refractivity contribution < 1.29 is 23.9 Å². The van der Waals surface area contributed by atoms with E-state index in [0.29, 0.717) is 26.9 Å². The van der Waals surface area contributed by atoms with Crippen LogP contribution in [0.25, 0.3) is 0 Å². The molecule has 0 fully saturated rings. The molecule has 0 saturated heterocycles. The number of carbonyl (C=O) groups is 3. The smallest absolute Gasteiger partial charge is 0.344 e. The molecule has 6 nitrogen and oxygen atoms in total. The molecule has 0 aliphatic carbocycles. The summed E-state index contributed by atoms with van der Waals surface area (Å²) in [5.74, 6) is -0.933. The number of benzene rings is 2. The Hall–Kier alpha value is -2.57. The Bertz CT molecular complexity index is 854. The third-order valence-corrected chi connectivity index (χ3v) is 4.04. The van der Waals surface area contributed by atoms with Gasteiger partial charge in [-0.05, 0) is 36.8 Å². The number of halogens is 2. The van der Waals surface area contributed by atoms with Gasteiger partial charge >= 0.3 is 5.97 Å². The minimum Gasteiger partial charge on any atom is -0.482 e. The lowest BCUT2D eigenvalue weighted by Crippen LogP contribution is -2.29. The standard InChI is InChI=1S/C19H17Cl2NO5/c1-12(23)13-3-2-4-16(7-13)26-11-19(25)27-10-18(24)22-9-14-5-6-15(20)8-17(14)21/h2-8H,9-11H2,1H3,(H,22,24). The number of carbonyl (C=O) groups excluding carboxylic acids is 3. The van der Waals surface area contributed by atoms with Gasteiger partial charge in [0.05, 0.1) is 0 Å². The maximum Gasteiger partial charge on any atom is 0.344 e. The minimum atomic E-state index is -0.706. The first-order valence-electron chi connectivity index (χ1n) is 7.95. The van der Waals surface area contributed by atoms with Crippen molar-refractivity contribution in [3.63, 3.8) is 0 Å². The van der Waals surface area contributed by atoms with E-state index in [1.54, 1.807) is 36.4 Å². The van der Waals surface area contributed by atoms with E-state index < -0.39 is 18.5 Å². The lowest BCUT2D eigenvalue weighted by molar-refractivity contribution is -0.150. The molecule has 0 unspecified atom stereocenters. The number of ether oxygens (including phenoxy) is 2. The van der Waals surface area contributed by atoms with E-state index in [1.807, 2.05) is 0 Å². The normalized spacial score (nSPS) is 10.2. The fourth-order valence-corrected chi connectivity index (χ4v) is 2.52. The lowest BCUT2D eigenvalue weighted by Gasteiger charge is -2.09. The Kier molecular flexibility index (Phi) is 7.64. The van der Waals surface area contributed by atoms with Crippen molar-refractivity contribution in [2.45, 2.75) is 13.5 Å². The van der Waals surface area contributed by atoms with Crippen molar-refractivity contribution in [1.82, 2.24) is 5.32 Å². The largest absolute Gasteiger partial charge is 0.482 e. The van der Waals surface area contributed by atoms with Gasteiger partial charge in [-0.2, -0.15) is 0 Å². The van der Waals surface area contributed by atoms with E-state index in [4.69, 9.17) is 32.7 Å². The van der Waals surface area contributed by atoms with E-state index >= 15 is 0 Å². The highest BCUT2D eigenvalue weighted by Gasteiger charge is 2.10. The zero-order valence-corrected chi connectivity index (χ0v) is 16.0. The van der Waals surface area contributed by atoms with Crippen LogP contribution in [0.5, 0.6) is 5.75 Å². The van der Waals surface area contributed by atoms with Crippen LogP contribution in [0.2, 0.25) is 10.0 Å². The number of Topliss-reactive ketones (excluding diaryl/α,β-unsaturated/α-hetero) is 1. The average Bonchev–Trinajstić information content (AvgIpc) is 2.64. The molecule has 0 aliphatic rings. The molecule has 0 saturated carbocycles. The molecule has 142 valence electrons. The van der Waals surface area contributed by atoms with Crippen LogP contribution in [0.4, 0.5) is 0 Å². The van der Waals surface area contributed by atoms with E-state index in [2.05, 4.69) is 5.32 Å². The molecule has 0 atom stereocenters. The summed E-state index contributed by atoms with van der Waals surface area (Å²) in [5.41, 5.74) is 1.16. The van der Waals surface area contributed by atoms with E-state index in [9.17, 15) is 14.4 Å². The third kappa shape index (κ3) is 6.92. The molecule has 0 aromatic heterocycles. The molecular formula is C19H17Cl2NO5. The number of hydrogen-bond donors (Lipinski definition) is 1. The maximum atomic E-state index is 11.8. The molecule has 0 spiro atoms. The summed E-state index contributed by atoms with van der Waals surface area (Å²) in [7, 11) is 0.